The number of carbonyl (C=O) groups is 2. The van der Waals surface area contributed by atoms with Crippen LogP contribution in [-0.2, 0) is 33.0 Å². The zero-order chi connectivity index (χ0) is 34.6. The van der Waals surface area contributed by atoms with Crippen LogP contribution in [0.3, 0.4) is 0 Å². The number of sulfonamides is 1. The summed E-state index contributed by atoms with van der Waals surface area (Å²) in [7, 11) is -2.73. The van der Waals surface area contributed by atoms with Crippen LogP contribution in [0, 0.1) is 11.6 Å². The van der Waals surface area contributed by atoms with Crippen molar-refractivity contribution >= 4 is 27.6 Å². The van der Waals surface area contributed by atoms with Gasteiger partial charge in [0.2, 0.25) is 0 Å². The van der Waals surface area contributed by atoms with Crippen molar-refractivity contribution in [3.8, 4) is 17.1 Å². The highest BCUT2D eigenvalue weighted by atomic mass is 32.2. The third kappa shape index (κ3) is 7.58. The molecule has 4 aromatic heterocycles. The molecule has 1 amide bonds. The zero-order valence-electron chi connectivity index (χ0n) is 25.7. The van der Waals surface area contributed by atoms with Crippen LogP contribution in [0.2, 0.25) is 0 Å². The number of aromatic nitrogens is 6. The summed E-state index contributed by atoms with van der Waals surface area (Å²) in [6.45, 7) is 3.17. The fourth-order valence-corrected chi connectivity index (χ4v) is 5.53. The van der Waals surface area contributed by atoms with Gasteiger partial charge in [0.1, 0.15) is 23.2 Å². The molecule has 0 unspecified atom stereocenters. The van der Waals surface area contributed by atoms with E-state index >= 15 is 8.78 Å². The van der Waals surface area contributed by atoms with Gasteiger partial charge in [0, 0.05) is 55.6 Å². The van der Waals surface area contributed by atoms with E-state index in [-0.39, 0.29) is 12.0 Å². The van der Waals surface area contributed by atoms with Crippen molar-refractivity contribution in [3.63, 3.8) is 0 Å². The van der Waals surface area contributed by atoms with Gasteiger partial charge in [-0.2, -0.15) is 8.42 Å². The Hall–Kier alpha value is -5.84. The number of aryl methyl sites for hydroxylation is 1. The minimum absolute atomic E-state index is 0.219. The lowest BCUT2D eigenvalue weighted by atomic mass is 10.1. The first-order valence-electron chi connectivity index (χ1n) is 14.3. The summed E-state index contributed by atoms with van der Waals surface area (Å²) in [5, 5.41) is 1.84. The number of pyridine rings is 2. The highest BCUT2D eigenvalue weighted by molar-refractivity contribution is 7.92. The van der Waals surface area contributed by atoms with Gasteiger partial charge in [0.15, 0.2) is 10.9 Å². The molecule has 0 saturated heterocycles. The predicted octanol–water partition coefficient (Wildman–Crippen LogP) is 2.79. The molecule has 1 atom stereocenters. The van der Waals surface area contributed by atoms with Gasteiger partial charge in [-0.05, 0) is 56.3 Å². The molecule has 4 heterocycles. The Kier molecular flexibility index (Phi) is 9.69. The number of hydrogen-bond acceptors (Lipinski definition) is 10. The highest BCUT2D eigenvalue weighted by Gasteiger charge is 2.28. The summed E-state index contributed by atoms with van der Waals surface area (Å²) < 4.78 is 66.3. The average Bonchev–Trinajstić information content (AvgIpc) is 3.38. The molecule has 0 aliphatic rings. The lowest BCUT2D eigenvalue weighted by Crippen LogP contribution is -2.44. The van der Waals surface area contributed by atoms with Crippen LogP contribution in [0.25, 0.3) is 17.1 Å². The van der Waals surface area contributed by atoms with Gasteiger partial charge in [0.25, 0.3) is 21.5 Å². The summed E-state index contributed by atoms with van der Waals surface area (Å²) in [4.78, 5) is 54.4. The minimum atomic E-state index is -4.40. The van der Waals surface area contributed by atoms with Crippen molar-refractivity contribution < 1.29 is 31.5 Å². The number of benzene rings is 1. The monoisotopic (exact) mass is 678 g/mol. The second-order valence-electron chi connectivity index (χ2n) is 10.6. The van der Waals surface area contributed by atoms with E-state index < -0.39 is 62.0 Å². The molecule has 5 rings (SSSR count). The number of halogens is 2. The number of ether oxygens (including phenoxy) is 1. The van der Waals surface area contributed by atoms with Crippen molar-refractivity contribution in [2.75, 3.05) is 4.72 Å². The first-order valence-corrected chi connectivity index (χ1v) is 15.8. The van der Waals surface area contributed by atoms with Gasteiger partial charge in [0.05, 0.1) is 23.7 Å². The molecule has 0 radical (unpaired) electrons. The molecule has 5 aromatic rings. The zero-order valence-corrected chi connectivity index (χ0v) is 26.5. The molecule has 0 bridgehead atoms. The lowest BCUT2D eigenvalue weighted by molar-refractivity contribution is -0.149. The van der Waals surface area contributed by atoms with Crippen LogP contribution in [0.5, 0.6) is 0 Å². The molecule has 1 aromatic carbocycles. The normalized spacial score (nSPS) is 12.0. The number of anilines is 1. The first kappa shape index (κ1) is 33.5. The van der Waals surface area contributed by atoms with E-state index in [1.165, 1.54) is 53.7 Å². The van der Waals surface area contributed by atoms with Crippen molar-refractivity contribution in [2.45, 2.75) is 37.4 Å². The van der Waals surface area contributed by atoms with Crippen molar-refractivity contribution in [2.24, 2.45) is 7.05 Å². The molecule has 0 fully saturated rings. The second-order valence-corrected chi connectivity index (χ2v) is 12.3. The van der Waals surface area contributed by atoms with Gasteiger partial charge in [-0.15, -0.1) is 0 Å². The van der Waals surface area contributed by atoms with Crippen LogP contribution in [0.1, 0.15) is 29.9 Å². The summed E-state index contributed by atoms with van der Waals surface area (Å²) >= 11 is 0. The maximum atomic E-state index is 15.2. The molecule has 48 heavy (non-hydrogen) atoms. The Bertz CT molecular complexity index is 2100. The Balaban J connectivity index is 1.33. The molecule has 2 N–H and O–H groups in total. The van der Waals surface area contributed by atoms with Crippen molar-refractivity contribution in [3.05, 3.63) is 113 Å². The Morgan fingerprint density at radius 2 is 1.67 bits per heavy atom. The molecule has 248 valence electrons. The van der Waals surface area contributed by atoms with E-state index in [4.69, 9.17) is 4.74 Å². The number of carbonyl (C=O) groups excluding carboxylic acids is 2. The van der Waals surface area contributed by atoms with E-state index in [1.807, 2.05) is 4.72 Å². The SMILES string of the molecule is CC(C)OC(=O)[C@H](Cc1ccc(-n2c(=O)ccn2C)cn1)NC(=O)c1c(F)cc(NS(=O)(=O)c2ccc(-c3ncccn3)cn2)cc1F. The lowest BCUT2D eigenvalue weighted by Gasteiger charge is -2.20. The van der Waals surface area contributed by atoms with Gasteiger partial charge in [-0.1, -0.05) is 0 Å². The molecule has 14 nitrogen and oxygen atoms in total. The van der Waals surface area contributed by atoms with Crippen LogP contribution < -0.4 is 15.6 Å². The topological polar surface area (TPSA) is 180 Å². The van der Waals surface area contributed by atoms with E-state index in [1.54, 1.807) is 43.9 Å². The van der Waals surface area contributed by atoms with E-state index in [0.717, 1.165) is 0 Å². The summed E-state index contributed by atoms with van der Waals surface area (Å²) in [6.07, 6.45) is 6.41. The molecule has 0 aliphatic carbocycles. The Labute approximate surface area is 272 Å². The third-order valence-corrected chi connectivity index (χ3v) is 8.02. The van der Waals surface area contributed by atoms with Crippen LogP contribution in [0.4, 0.5) is 14.5 Å². The third-order valence-electron chi connectivity index (χ3n) is 6.72. The predicted molar refractivity (Wildman–Crippen MR) is 167 cm³/mol. The van der Waals surface area contributed by atoms with Gasteiger partial charge < -0.3 is 10.1 Å². The molecule has 0 spiro atoms. The number of esters is 1. The summed E-state index contributed by atoms with van der Waals surface area (Å²) in [5.74, 6) is -4.67. The molecule has 0 aliphatic heterocycles. The average molecular weight is 679 g/mol. The first-order chi connectivity index (χ1) is 22.8. The quantitative estimate of drug-likeness (QED) is 0.197. The van der Waals surface area contributed by atoms with Crippen LogP contribution >= 0.6 is 0 Å². The highest BCUT2D eigenvalue weighted by Crippen LogP contribution is 2.23. The van der Waals surface area contributed by atoms with Crippen molar-refractivity contribution in [1.29, 1.82) is 0 Å². The van der Waals surface area contributed by atoms with Crippen LogP contribution in [0.15, 0.2) is 89.3 Å². The fraction of sp³-hybridized carbons (Fsp3) is 0.194. The van der Waals surface area contributed by atoms with Crippen molar-refractivity contribution in [1.82, 2.24) is 34.6 Å². The molecular formula is C31H28F2N8O6S. The Morgan fingerprint density at radius 1 is 0.958 bits per heavy atom. The number of amides is 1. The number of nitrogens with zero attached hydrogens (tertiary/aromatic N) is 6. The number of hydrogen-bond donors (Lipinski definition) is 2. The van der Waals surface area contributed by atoms with Crippen LogP contribution in [-0.4, -0.2) is 61.7 Å². The molecular weight excluding hydrogens is 650 g/mol. The maximum Gasteiger partial charge on any atom is 0.329 e. The minimum Gasteiger partial charge on any atom is -0.461 e. The summed E-state index contributed by atoms with van der Waals surface area (Å²) in [6, 6.07) is 8.50. The van der Waals surface area contributed by atoms with E-state index in [9.17, 15) is 22.8 Å². The van der Waals surface area contributed by atoms with Gasteiger partial charge in [-0.25, -0.2) is 33.2 Å². The fourth-order valence-electron chi connectivity index (χ4n) is 4.56. The number of rotatable bonds is 11. The standard InChI is InChI=1S/C31H28F2N8O6S/c1-18(2)47-31(44)25(15-20-6-7-22(17-36-20)41-27(42)9-12-40(41)3)38-30(43)28-23(32)13-21(14-24(28)33)39-48(45,46)26-8-5-19(16-37-26)29-34-10-4-11-35-29/h4-14,16-18,25,39H,15H2,1-3H3,(H,38,43)/t25-/m0/s1. The second kappa shape index (κ2) is 13.9. The van der Waals surface area contributed by atoms with Gasteiger partial charge in [-0.3, -0.25) is 24.0 Å². The van der Waals surface area contributed by atoms with E-state index in [0.29, 0.717) is 34.9 Å². The number of nitrogens with one attached hydrogen (secondary N) is 2. The largest absolute Gasteiger partial charge is 0.461 e. The smallest absolute Gasteiger partial charge is 0.329 e. The summed E-state index contributed by atoms with van der Waals surface area (Å²) in [5.41, 5.74) is -0.681. The van der Waals surface area contributed by atoms with Gasteiger partial charge >= 0.3 is 5.97 Å². The molecule has 0 saturated carbocycles. The maximum absolute atomic E-state index is 15.2. The van der Waals surface area contributed by atoms with E-state index in [2.05, 4.69) is 25.3 Å². The molecule has 17 heteroatoms. The Morgan fingerprint density at radius 3 is 2.23 bits per heavy atom.